The van der Waals surface area contributed by atoms with E-state index in [0.717, 1.165) is 5.56 Å². The standard InChI is InChI=1S/C24H21FN4O3/c1-31-21-10-6-15(12-18(21)25)5-8-19-22-20(29-28-19)9-7-17(23(22)32-2)24(30)27-14-16-4-3-11-26-13-16/h3-13H,14H2,1-2H3,(H,27,30)(H,28,29)/b8-5+. The lowest BCUT2D eigenvalue weighted by Gasteiger charge is -2.11. The fraction of sp³-hybridized carbons (Fsp3) is 0.125. The van der Waals surface area contributed by atoms with E-state index < -0.39 is 5.82 Å². The first-order chi connectivity index (χ1) is 15.6. The van der Waals surface area contributed by atoms with Gasteiger partial charge < -0.3 is 14.8 Å². The first-order valence-electron chi connectivity index (χ1n) is 9.84. The van der Waals surface area contributed by atoms with E-state index in [-0.39, 0.29) is 11.7 Å². The molecule has 0 bridgehead atoms. The number of rotatable bonds is 7. The fourth-order valence-electron chi connectivity index (χ4n) is 3.36. The van der Waals surface area contributed by atoms with Crippen LogP contribution < -0.4 is 14.8 Å². The van der Waals surface area contributed by atoms with Crippen LogP contribution in [0.1, 0.15) is 27.2 Å². The van der Waals surface area contributed by atoms with Gasteiger partial charge in [-0.2, -0.15) is 5.10 Å². The predicted molar refractivity (Wildman–Crippen MR) is 120 cm³/mol. The number of halogens is 1. The van der Waals surface area contributed by atoms with Crippen molar-refractivity contribution in [3.63, 3.8) is 0 Å². The van der Waals surface area contributed by atoms with Crippen LogP contribution in [0.4, 0.5) is 4.39 Å². The smallest absolute Gasteiger partial charge is 0.255 e. The number of pyridine rings is 1. The quantitative estimate of drug-likeness (QED) is 0.457. The average Bonchev–Trinajstić information content (AvgIpc) is 3.24. The highest BCUT2D eigenvalue weighted by molar-refractivity contribution is 6.05. The lowest BCUT2D eigenvalue weighted by atomic mass is 10.1. The summed E-state index contributed by atoms with van der Waals surface area (Å²) in [6, 6.07) is 11.8. The lowest BCUT2D eigenvalue weighted by Crippen LogP contribution is -2.23. The topological polar surface area (TPSA) is 89.1 Å². The average molecular weight is 432 g/mol. The van der Waals surface area contributed by atoms with E-state index in [4.69, 9.17) is 9.47 Å². The Bertz CT molecular complexity index is 1290. The number of nitrogens with one attached hydrogen (secondary N) is 2. The van der Waals surface area contributed by atoms with Gasteiger partial charge in [-0.05, 0) is 47.5 Å². The first kappa shape index (κ1) is 21.0. The number of aromatic amines is 1. The highest BCUT2D eigenvalue weighted by Gasteiger charge is 2.18. The third-order valence-corrected chi connectivity index (χ3v) is 4.94. The molecule has 0 aliphatic heterocycles. The summed E-state index contributed by atoms with van der Waals surface area (Å²) in [5, 5.41) is 10.8. The van der Waals surface area contributed by atoms with Crippen LogP contribution in [0.15, 0.2) is 54.9 Å². The van der Waals surface area contributed by atoms with Gasteiger partial charge in [0.15, 0.2) is 11.6 Å². The van der Waals surface area contributed by atoms with Crippen LogP contribution >= 0.6 is 0 Å². The molecule has 0 aliphatic carbocycles. The van der Waals surface area contributed by atoms with Gasteiger partial charge in [0.05, 0.1) is 36.4 Å². The van der Waals surface area contributed by atoms with Crippen LogP contribution in [0.5, 0.6) is 11.5 Å². The van der Waals surface area contributed by atoms with Gasteiger partial charge in [0.2, 0.25) is 0 Å². The van der Waals surface area contributed by atoms with Crippen molar-refractivity contribution >= 4 is 29.0 Å². The third kappa shape index (κ3) is 4.29. The molecule has 0 spiro atoms. The number of nitrogens with zero attached hydrogens (tertiary/aromatic N) is 2. The van der Waals surface area contributed by atoms with Crippen molar-refractivity contribution < 1.29 is 18.7 Å². The number of ether oxygens (including phenoxy) is 2. The van der Waals surface area contributed by atoms with Gasteiger partial charge in [-0.25, -0.2) is 4.39 Å². The first-order valence-corrected chi connectivity index (χ1v) is 9.84. The van der Waals surface area contributed by atoms with E-state index in [9.17, 15) is 9.18 Å². The van der Waals surface area contributed by atoms with E-state index in [1.807, 2.05) is 12.1 Å². The van der Waals surface area contributed by atoms with Crippen LogP contribution in [0.3, 0.4) is 0 Å². The van der Waals surface area contributed by atoms with E-state index in [1.165, 1.54) is 20.3 Å². The minimum absolute atomic E-state index is 0.177. The second-order valence-electron chi connectivity index (χ2n) is 6.95. The minimum atomic E-state index is -0.452. The molecule has 0 fully saturated rings. The maximum Gasteiger partial charge on any atom is 0.255 e. The molecule has 162 valence electrons. The highest BCUT2D eigenvalue weighted by atomic mass is 19.1. The third-order valence-electron chi connectivity index (χ3n) is 4.94. The van der Waals surface area contributed by atoms with Crippen LogP contribution in [-0.2, 0) is 6.54 Å². The number of hydrogen-bond donors (Lipinski definition) is 2. The van der Waals surface area contributed by atoms with Crippen molar-refractivity contribution in [1.29, 1.82) is 0 Å². The monoisotopic (exact) mass is 432 g/mol. The SMILES string of the molecule is COc1ccc(/C=C/c2n[nH]c3ccc(C(=O)NCc4cccnc4)c(OC)c23)cc1F. The Kier molecular flexibility index (Phi) is 6.12. The second kappa shape index (κ2) is 9.30. The molecule has 4 aromatic rings. The molecular formula is C24H21FN4O3. The molecule has 2 aromatic heterocycles. The Morgan fingerprint density at radius 2 is 2.03 bits per heavy atom. The van der Waals surface area contributed by atoms with Gasteiger partial charge in [-0.15, -0.1) is 0 Å². The second-order valence-corrected chi connectivity index (χ2v) is 6.95. The normalized spacial score (nSPS) is 11.1. The van der Waals surface area contributed by atoms with Gasteiger partial charge >= 0.3 is 0 Å². The van der Waals surface area contributed by atoms with Crippen LogP contribution in [0.25, 0.3) is 23.1 Å². The lowest BCUT2D eigenvalue weighted by molar-refractivity contribution is 0.0948. The molecule has 7 nitrogen and oxygen atoms in total. The largest absolute Gasteiger partial charge is 0.495 e. The number of fused-ring (bicyclic) bond motifs is 1. The molecule has 8 heteroatoms. The van der Waals surface area contributed by atoms with Crippen molar-refractivity contribution in [3.05, 3.63) is 83.1 Å². The molecular weight excluding hydrogens is 411 g/mol. The van der Waals surface area contributed by atoms with E-state index >= 15 is 0 Å². The fourth-order valence-corrected chi connectivity index (χ4v) is 3.36. The summed E-state index contributed by atoms with van der Waals surface area (Å²) >= 11 is 0. The molecule has 0 saturated carbocycles. The maximum absolute atomic E-state index is 14.0. The number of H-pyrrole nitrogens is 1. The molecule has 0 saturated heterocycles. The highest BCUT2D eigenvalue weighted by Crippen LogP contribution is 2.32. The summed E-state index contributed by atoms with van der Waals surface area (Å²) < 4.78 is 24.5. The number of carbonyl (C=O) groups is 1. The molecule has 2 N–H and O–H groups in total. The Morgan fingerprint density at radius 3 is 2.75 bits per heavy atom. The summed E-state index contributed by atoms with van der Waals surface area (Å²) in [5.41, 5.74) is 3.19. The summed E-state index contributed by atoms with van der Waals surface area (Å²) in [7, 11) is 2.92. The molecule has 32 heavy (non-hydrogen) atoms. The number of amides is 1. The molecule has 0 atom stereocenters. The van der Waals surface area contributed by atoms with Crippen molar-refractivity contribution in [2.75, 3.05) is 14.2 Å². The van der Waals surface area contributed by atoms with Crippen molar-refractivity contribution in [3.8, 4) is 11.5 Å². The Hall–Kier alpha value is -4.20. The Labute approximate surface area is 183 Å². The molecule has 4 rings (SSSR count). The zero-order valence-electron chi connectivity index (χ0n) is 17.6. The van der Waals surface area contributed by atoms with Crippen LogP contribution in [0.2, 0.25) is 0 Å². The summed E-state index contributed by atoms with van der Waals surface area (Å²) in [6.45, 7) is 0.342. The minimum Gasteiger partial charge on any atom is -0.495 e. The number of hydrogen-bond acceptors (Lipinski definition) is 5. The molecule has 0 unspecified atom stereocenters. The maximum atomic E-state index is 14.0. The van der Waals surface area contributed by atoms with Gasteiger partial charge in [0.25, 0.3) is 5.91 Å². The summed E-state index contributed by atoms with van der Waals surface area (Å²) in [4.78, 5) is 16.9. The van der Waals surface area contributed by atoms with Crippen LogP contribution in [-0.4, -0.2) is 35.3 Å². The summed E-state index contributed by atoms with van der Waals surface area (Å²) in [5.74, 6) is -0.149. The van der Waals surface area contributed by atoms with E-state index in [2.05, 4.69) is 20.5 Å². The Morgan fingerprint density at radius 1 is 1.16 bits per heavy atom. The van der Waals surface area contributed by atoms with Gasteiger partial charge in [-0.3, -0.25) is 14.9 Å². The predicted octanol–water partition coefficient (Wildman–Crippen LogP) is 4.21. The molecule has 0 radical (unpaired) electrons. The number of carbonyl (C=O) groups excluding carboxylic acids is 1. The molecule has 2 heterocycles. The van der Waals surface area contributed by atoms with E-state index in [0.29, 0.717) is 40.0 Å². The van der Waals surface area contributed by atoms with Crippen molar-refractivity contribution in [2.45, 2.75) is 6.54 Å². The number of aromatic nitrogens is 3. The van der Waals surface area contributed by atoms with E-state index in [1.54, 1.807) is 48.8 Å². The van der Waals surface area contributed by atoms with Crippen molar-refractivity contribution in [1.82, 2.24) is 20.5 Å². The van der Waals surface area contributed by atoms with Gasteiger partial charge in [0.1, 0.15) is 5.75 Å². The molecule has 2 aromatic carbocycles. The van der Waals surface area contributed by atoms with Crippen molar-refractivity contribution in [2.24, 2.45) is 0 Å². The zero-order chi connectivity index (χ0) is 22.5. The van der Waals surface area contributed by atoms with Gasteiger partial charge in [0, 0.05) is 18.9 Å². The summed E-state index contributed by atoms with van der Waals surface area (Å²) in [6.07, 6.45) is 6.84. The molecule has 1 amide bonds. The molecule has 0 aliphatic rings. The zero-order valence-corrected chi connectivity index (χ0v) is 17.6. The van der Waals surface area contributed by atoms with Crippen LogP contribution in [0, 0.1) is 5.82 Å². The number of methoxy groups -OCH3 is 2. The Balaban J connectivity index is 1.63. The number of benzene rings is 2. The van der Waals surface area contributed by atoms with Gasteiger partial charge in [-0.1, -0.05) is 18.2 Å².